The summed E-state index contributed by atoms with van der Waals surface area (Å²) >= 11 is 1.45. The molecule has 14 heteroatoms. The van der Waals surface area contributed by atoms with E-state index >= 15 is 0 Å². The van der Waals surface area contributed by atoms with Crippen molar-refractivity contribution in [2.45, 2.75) is 13.0 Å². The van der Waals surface area contributed by atoms with Crippen molar-refractivity contribution in [3.05, 3.63) is 84.7 Å². The van der Waals surface area contributed by atoms with Crippen LogP contribution in [0, 0.1) is 0 Å². The number of hydrogen-bond donors (Lipinski definition) is 0. The first-order valence-corrected chi connectivity index (χ1v) is 12.7. The van der Waals surface area contributed by atoms with Crippen LogP contribution in [0.5, 0.6) is 11.5 Å². The molecule has 8 nitrogen and oxygen atoms in total. The van der Waals surface area contributed by atoms with Crippen LogP contribution in [0.2, 0.25) is 0 Å². The van der Waals surface area contributed by atoms with Gasteiger partial charge < -0.3 is 14.4 Å². The van der Waals surface area contributed by atoms with Crippen molar-refractivity contribution in [2.24, 2.45) is 10.2 Å². The lowest BCUT2D eigenvalue weighted by Gasteiger charge is -2.20. The molecular formula is C26H19F5N6O2S. The maximum Gasteiger partial charge on any atom is 0.573 e. The molecule has 0 bridgehead atoms. The predicted molar refractivity (Wildman–Crippen MR) is 141 cm³/mol. The molecule has 5 rings (SSSR count). The Balaban J connectivity index is 1.25. The molecule has 3 aromatic carbocycles. The standard InChI is InChI=1S/C26H19F5N6O2S/c27-24(28)38-22-4-2-1-3-21(22)36-13-14-40-25(36)34-33-15-17-5-7-18(8-6-17)23-32-16-37(35-23)19-9-11-20(12-10-19)39-26(29,30)31/h1-12,15-16,24H,13-14H2. The number of benzene rings is 3. The zero-order chi connectivity index (χ0) is 28.1. The third kappa shape index (κ3) is 6.75. The lowest BCUT2D eigenvalue weighted by Crippen LogP contribution is -2.24. The molecule has 1 aromatic heterocycles. The van der Waals surface area contributed by atoms with Gasteiger partial charge in [-0.05, 0) is 42.0 Å². The molecule has 0 aliphatic carbocycles. The summed E-state index contributed by atoms with van der Waals surface area (Å²) in [4.78, 5) is 6.05. The Bertz CT molecular complexity index is 1510. The number of aromatic nitrogens is 3. The predicted octanol–water partition coefficient (Wildman–Crippen LogP) is 6.38. The highest BCUT2D eigenvalue weighted by Gasteiger charge is 2.31. The normalized spacial score (nSPS) is 14.9. The lowest BCUT2D eigenvalue weighted by molar-refractivity contribution is -0.274. The molecule has 40 heavy (non-hydrogen) atoms. The third-order valence-electron chi connectivity index (χ3n) is 5.49. The van der Waals surface area contributed by atoms with Crippen LogP contribution >= 0.6 is 11.8 Å². The van der Waals surface area contributed by atoms with Gasteiger partial charge in [0.25, 0.3) is 0 Å². The Labute approximate surface area is 228 Å². The summed E-state index contributed by atoms with van der Waals surface area (Å²) < 4.78 is 72.6. The van der Waals surface area contributed by atoms with Crippen molar-refractivity contribution in [1.82, 2.24) is 14.8 Å². The summed E-state index contributed by atoms with van der Waals surface area (Å²) in [7, 11) is 0. The zero-order valence-electron chi connectivity index (χ0n) is 20.4. The van der Waals surface area contributed by atoms with Crippen molar-refractivity contribution in [3.8, 4) is 28.6 Å². The molecule has 0 atom stereocenters. The monoisotopic (exact) mass is 574 g/mol. The Morgan fingerprint density at radius 2 is 1.73 bits per heavy atom. The minimum Gasteiger partial charge on any atom is -0.433 e. The van der Waals surface area contributed by atoms with Crippen molar-refractivity contribution in [2.75, 3.05) is 17.2 Å². The number of halogens is 5. The molecule has 1 saturated heterocycles. The van der Waals surface area contributed by atoms with Crippen molar-refractivity contribution >= 4 is 28.8 Å². The van der Waals surface area contributed by atoms with Gasteiger partial charge in [-0.25, -0.2) is 9.67 Å². The largest absolute Gasteiger partial charge is 0.573 e. The number of ether oxygens (including phenoxy) is 2. The smallest absolute Gasteiger partial charge is 0.433 e. The number of nitrogens with zero attached hydrogens (tertiary/aromatic N) is 6. The number of thioether (sulfide) groups is 1. The number of rotatable bonds is 8. The summed E-state index contributed by atoms with van der Waals surface area (Å²) in [5.74, 6) is 0.874. The number of para-hydroxylation sites is 2. The van der Waals surface area contributed by atoms with E-state index in [0.29, 0.717) is 34.5 Å². The fourth-order valence-corrected chi connectivity index (χ4v) is 4.67. The van der Waals surface area contributed by atoms with Gasteiger partial charge in [-0.3, -0.25) is 0 Å². The first-order chi connectivity index (χ1) is 19.2. The first kappa shape index (κ1) is 27.1. The average Bonchev–Trinajstić information content (AvgIpc) is 3.59. The molecule has 4 aromatic rings. The minimum atomic E-state index is -4.76. The van der Waals surface area contributed by atoms with E-state index in [0.717, 1.165) is 11.3 Å². The van der Waals surface area contributed by atoms with E-state index < -0.39 is 13.0 Å². The van der Waals surface area contributed by atoms with E-state index in [9.17, 15) is 22.0 Å². The summed E-state index contributed by atoms with van der Waals surface area (Å²) in [5.41, 5.74) is 2.47. The molecule has 0 N–H and O–H groups in total. The van der Waals surface area contributed by atoms with Crippen LogP contribution in [0.25, 0.3) is 17.1 Å². The van der Waals surface area contributed by atoms with E-state index in [1.165, 1.54) is 53.1 Å². The Kier molecular flexibility index (Phi) is 7.96. The number of hydrogen-bond acceptors (Lipinski definition) is 7. The first-order valence-electron chi connectivity index (χ1n) is 11.7. The minimum absolute atomic E-state index is 0.0656. The second-order valence-electron chi connectivity index (χ2n) is 8.15. The average molecular weight is 575 g/mol. The van der Waals surface area contributed by atoms with Gasteiger partial charge in [0.15, 0.2) is 11.0 Å². The number of anilines is 1. The second kappa shape index (κ2) is 11.7. The van der Waals surface area contributed by atoms with E-state index in [4.69, 9.17) is 0 Å². The number of alkyl halides is 5. The van der Waals surface area contributed by atoms with Gasteiger partial charge in [0.2, 0.25) is 0 Å². The van der Waals surface area contributed by atoms with Crippen LogP contribution in [0.3, 0.4) is 0 Å². The molecule has 1 aliphatic rings. The van der Waals surface area contributed by atoms with Crippen LogP contribution in [-0.2, 0) is 0 Å². The fraction of sp³-hybridized carbons (Fsp3) is 0.154. The quantitative estimate of drug-likeness (QED) is 0.138. The molecule has 0 radical (unpaired) electrons. The van der Waals surface area contributed by atoms with Crippen LogP contribution in [0.1, 0.15) is 5.56 Å². The third-order valence-corrected chi connectivity index (χ3v) is 6.44. The molecule has 0 unspecified atom stereocenters. The fourth-order valence-electron chi connectivity index (χ4n) is 3.77. The SMILES string of the molecule is FC(F)Oc1ccccc1N1CCSC1=NN=Cc1ccc(-c2ncn(-c3ccc(OC(F)(F)F)cc3)n2)cc1. The van der Waals surface area contributed by atoms with Gasteiger partial charge in [-0.1, -0.05) is 48.2 Å². The summed E-state index contributed by atoms with van der Waals surface area (Å²) in [6, 6.07) is 19.0. The highest BCUT2D eigenvalue weighted by atomic mass is 32.2. The zero-order valence-corrected chi connectivity index (χ0v) is 21.2. The van der Waals surface area contributed by atoms with E-state index in [1.54, 1.807) is 53.6 Å². The van der Waals surface area contributed by atoms with E-state index in [-0.39, 0.29) is 11.5 Å². The summed E-state index contributed by atoms with van der Waals surface area (Å²) in [6.45, 7) is -2.36. The molecule has 1 aliphatic heterocycles. The lowest BCUT2D eigenvalue weighted by atomic mass is 10.1. The summed E-state index contributed by atoms with van der Waals surface area (Å²) in [5, 5.41) is 13.4. The van der Waals surface area contributed by atoms with Gasteiger partial charge in [0.1, 0.15) is 17.8 Å². The molecule has 206 valence electrons. The molecule has 1 fully saturated rings. The van der Waals surface area contributed by atoms with Crippen LogP contribution < -0.4 is 14.4 Å². The maximum absolute atomic E-state index is 12.8. The van der Waals surface area contributed by atoms with Crippen LogP contribution in [0.4, 0.5) is 27.6 Å². The van der Waals surface area contributed by atoms with Gasteiger partial charge in [0, 0.05) is 17.9 Å². The molecule has 0 saturated carbocycles. The Morgan fingerprint density at radius 3 is 2.45 bits per heavy atom. The van der Waals surface area contributed by atoms with Gasteiger partial charge >= 0.3 is 13.0 Å². The number of amidine groups is 1. The van der Waals surface area contributed by atoms with Gasteiger partial charge in [-0.2, -0.15) is 13.9 Å². The Morgan fingerprint density at radius 1 is 0.975 bits per heavy atom. The second-order valence-corrected chi connectivity index (χ2v) is 9.21. The van der Waals surface area contributed by atoms with Crippen molar-refractivity contribution in [1.29, 1.82) is 0 Å². The maximum atomic E-state index is 12.8. The molecule has 0 spiro atoms. The van der Waals surface area contributed by atoms with Crippen LogP contribution in [-0.4, -0.2) is 51.4 Å². The Hall–Kier alpha value is -4.46. The van der Waals surface area contributed by atoms with Crippen molar-refractivity contribution in [3.63, 3.8) is 0 Å². The summed E-state index contributed by atoms with van der Waals surface area (Å²) in [6.07, 6.45) is -1.75. The van der Waals surface area contributed by atoms with E-state index in [2.05, 4.69) is 29.8 Å². The molecular weight excluding hydrogens is 555 g/mol. The highest BCUT2D eigenvalue weighted by Crippen LogP contribution is 2.34. The molecule has 0 amide bonds. The van der Waals surface area contributed by atoms with Crippen molar-refractivity contribution < 1.29 is 31.4 Å². The van der Waals surface area contributed by atoms with Crippen LogP contribution in [0.15, 0.2) is 89.3 Å². The van der Waals surface area contributed by atoms with E-state index in [1.807, 2.05) is 0 Å². The highest BCUT2D eigenvalue weighted by molar-refractivity contribution is 8.14. The van der Waals surface area contributed by atoms with Gasteiger partial charge in [-0.15, -0.1) is 23.4 Å². The molecule has 2 heterocycles. The van der Waals surface area contributed by atoms with Gasteiger partial charge in [0.05, 0.1) is 17.6 Å². The topological polar surface area (TPSA) is 77.1 Å².